The van der Waals surface area contributed by atoms with E-state index in [9.17, 15) is 14.4 Å². The molecule has 7 heteroatoms. The van der Waals surface area contributed by atoms with Gasteiger partial charge in [-0.15, -0.1) is 0 Å². The zero-order valence-electron chi connectivity index (χ0n) is 16.1. The molecule has 1 atom stereocenters. The van der Waals surface area contributed by atoms with Crippen molar-refractivity contribution >= 4 is 29.3 Å². The Hall–Kier alpha value is -2.86. The Morgan fingerprint density at radius 2 is 1.68 bits per heavy atom. The summed E-state index contributed by atoms with van der Waals surface area (Å²) >= 11 is 5.87. The second-order valence-electron chi connectivity index (χ2n) is 6.92. The summed E-state index contributed by atoms with van der Waals surface area (Å²) in [7, 11) is 0. The van der Waals surface area contributed by atoms with E-state index in [2.05, 4.69) is 16.2 Å². The maximum atomic E-state index is 12.6. The first kappa shape index (κ1) is 21.4. The van der Waals surface area contributed by atoms with Crippen LogP contribution >= 0.6 is 11.6 Å². The van der Waals surface area contributed by atoms with Gasteiger partial charge in [0, 0.05) is 16.1 Å². The molecule has 0 aliphatic carbocycles. The largest absolute Gasteiger partial charge is 0.340 e. The molecule has 2 rings (SSSR count). The van der Waals surface area contributed by atoms with E-state index in [-0.39, 0.29) is 11.8 Å². The first-order valence-corrected chi connectivity index (χ1v) is 9.38. The molecular formula is C21H24ClN3O3. The summed E-state index contributed by atoms with van der Waals surface area (Å²) in [6.45, 7) is 5.73. The minimum absolute atomic E-state index is 0.163. The highest BCUT2D eigenvalue weighted by Crippen LogP contribution is 2.11. The zero-order chi connectivity index (χ0) is 20.7. The molecule has 0 bridgehead atoms. The van der Waals surface area contributed by atoms with E-state index in [1.165, 1.54) is 6.07 Å². The first-order valence-electron chi connectivity index (χ1n) is 9.00. The van der Waals surface area contributed by atoms with Gasteiger partial charge in [-0.25, -0.2) is 0 Å². The number of rotatable bonds is 6. The number of carbonyl (C=O) groups excluding carboxylic acids is 3. The Bertz CT molecular complexity index is 867. The van der Waals surface area contributed by atoms with Gasteiger partial charge in [0.1, 0.15) is 6.04 Å². The van der Waals surface area contributed by atoms with Crippen LogP contribution in [-0.2, 0) is 4.79 Å². The van der Waals surface area contributed by atoms with Crippen molar-refractivity contribution in [2.45, 2.75) is 33.2 Å². The monoisotopic (exact) mass is 401 g/mol. The molecule has 2 aromatic rings. The number of carbonyl (C=O) groups is 3. The number of aryl methyl sites for hydroxylation is 1. The summed E-state index contributed by atoms with van der Waals surface area (Å²) in [6.07, 6.45) is 0.427. The van der Waals surface area contributed by atoms with Crippen LogP contribution in [0.15, 0.2) is 48.5 Å². The molecule has 0 spiro atoms. The Labute approximate surface area is 169 Å². The normalized spacial score (nSPS) is 11.6. The first-order chi connectivity index (χ1) is 13.3. The van der Waals surface area contributed by atoms with Crippen LogP contribution in [0.3, 0.4) is 0 Å². The van der Waals surface area contributed by atoms with Gasteiger partial charge in [0.15, 0.2) is 0 Å². The lowest BCUT2D eigenvalue weighted by atomic mass is 10.0. The molecule has 148 valence electrons. The number of amides is 3. The van der Waals surface area contributed by atoms with Gasteiger partial charge >= 0.3 is 0 Å². The predicted molar refractivity (Wildman–Crippen MR) is 109 cm³/mol. The van der Waals surface area contributed by atoms with Crippen LogP contribution in [0.5, 0.6) is 0 Å². The zero-order valence-corrected chi connectivity index (χ0v) is 16.8. The Balaban J connectivity index is 2.03. The van der Waals surface area contributed by atoms with E-state index in [0.29, 0.717) is 22.6 Å². The molecule has 2 aromatic carbocycles. The number of benzene rings is 2. The average molecular weight is 402 g/mol. The van der Waals surface area contributed by atoms with Crippen molar-refractivity contribution in [2.75, 3.05) is 0 Å². The topological polar surface area (TPSA) is 87.3 Å². The molecular weight excluding hydrogens is 378 g/mol. The van der Waals surface area contributed by atoms with Crippen molar-refractivity contribution in [3.8, 4) is 0 Å². The van der Waals surface area contributed by atoms with Crippen molar-refractivity contribution in [1.29, 1.82) is 0 Å². The van der Waals surface area contributed by atoms with E-state index in [0.717, 1.165) is 5.56 Å². The molecule has 28 heavy (non-hydrogen) atoms. The lowest BCUT2D eigenvalue weighted by Gasteiger charge is -2.21. The highest BCUT2D eigenvalue weighted by atomic mass is 35.5. The third-order valence-corrected chi connectivity index (χ3v) is 4.34. The van der Waals surface area contributed by atoms with Crippen LogP contribution in [0.1, 0.15) is 46.5 Å². The summed E-state index contributed by atoms with van der Waals surface area (Å²) in [5.74, 6) is -1.16. The van der Waals surface area contributed by atoms with Gasteiger partial charge in [-0.3, -0.25) is 25.2 Å². The second-order valence-corrected chi connectivity index (χ2v) is 7.36. The smallest absolute Gasteiger partial charge is 0.269 e. The Morgan fingerprint density at radius 3 is 2.32 bits per heavy atom. The number of nitrogens with one attached hydrogen (secondary N) is 3. The summed E-state index contributed by atoms with van der Waals surface area (Å²) < 4.78 is 0. The predicted octanol–water partition coefficient (Wildman–Crippen LogP) is 3.25. The summed E-state index contributed by atoms with van der Waals surface area (Å²) in [5, 5.41) is 3.17. The van der Waals surface area contributed by atoms with E-state index in [1.54, 1.807) is 30.3 Å². The fraction of sp³-hybridized carbons (Fsp3) is 0.286. The lowest BCUT2D eigenvalue weighted by Crippen LogP contribution is -2.52. The molecule has 3 amide bonds. The van der Waals surface area contributed by atoms with Crippen molar-refractivity contribution in [1.82, 2.24) is 16.2 Å². The molecule has 0 saturated heterocycles. The molecule has 0 aliphatic heterocycles. The van der Waals surface area contributed by atoms with Crippen LogP contribution in [-0.4, -0.2) is 23.8 Å². The summed E-state index contributed by atoms with van der Waals surface area (Å²) in [6, 6.07) is 12.7. The third-order valence-electron chi connectivity index (χ3n) is 4.10. The molecule has 0 aromatic heterocycles. The number of hydrazine groups is 1. The number of hydrogen-bond acceptors (Lipinski definition) is 3. The van der Waals surface area contributed by atoms with E-state index in [4.69, 9.17) is 11.6 Å². The molecule has 0 unspecified atom stereocenters. The highest BCUT2D eigenvalue weighted by molar-refractivity contribution is 6.30. The van der Waals surface area contributed by atoms with Gasteiger partial charge in [0.2, 0.25) is 0 Å². The van der Waals surface area contributed by atoms with Gasteiger partial charge in [-0.05, 0) is 49.1 Å². The molecule has 0 fully saturated rings. The molecule has 0 heterocycles. The van der Waals surface area contributed by atoms with Gasteiger partial charge in [-0.1, -0.05) is 49.7 Å². The molecule has 6 nitrogen and oxygen atoms in total. The maximum Gasteiger partial charge on any atom is 0.269 e. The second kappa shape index (κ2) is 9.90. The van der Waals surface area contributed by atoms with E-state index in [1.807, 2.05) is 32.9 Å². The van der Waals surface area contributed by atoms with E-state index >= 15 is 0 Å². The third kappa shape index (κ3) is 6.09. The van der Waals surface area contributed by atoms with Gasteiger partial charge in [0.05, 0.1) is 0 Å². The van der Waals surface area contributed by atoms with Crippen molar-refractivity contribution in [2.24, 2.45) is 5.92 Å². The average Bonchev–Trinajstić information content (AvgIpc) is 2.65. The minimum Gasteiger partial charge on any atom is -0.340 e. The molecule has 0 radical (unpaired) electrons. The Kier molecular flexibility index (Phi) is 7.58. The lowest BCUT2D eigenvalue weighted by molar-refractivity contribution is -0.124. The quantitative estimate of drug-likeness (QED) is 0.649. The molecule has 0 saturated carbocycles. The Morgan fingerprint density at radius 1 is 0.964 bits per heavy atom. The molecule has 3 N–H and O–H groups in total. The highest BCUT2D eigenvalue weighted by Gasteiger charge is 2.23. The van der Waals surface area contributed by atoms with Gasteiger partial charge < -0.3 is 5.32 Å². The van der Waals surface area contributed by atoms with Crippen LogP contribution in [0, 0.1) is 12.8 Å². The van der Waals surface area contributed by atoms with E-state index < -0.39 is 17.9 Å². The van der Waals surface area contributed by atoms with Crippen LogP contribution in [0.2, 0.25) is 5.02 Å². The summed E-state index contributed by atoms with van der Waals surface area (Å²) in [4.78, 5) is 37.3. The number of hydrogen-bond donors (Lipinski definition) is 3. The number of halogens is 1. The van der Waals surface area contributed by atoms with Gasteiger partial charge in [-0.2, -0.15) is 0 Å². The maximum absolute atomic E-state index is 12.6. The molecule has 0 aliphatic rings. The van der Waals surface area contributed by atoms with Crippen molar-refractivity contribution < 1.29 is 14.4 Å². The minimum atomic E-state index is -0.785. The standard InChI is InChI=1S/C21H24ClN3O3/c1-13(2)11-18(23-20(27)17-10-5-4-7-14(17)3)21(28)25-24-19(26)15-8-6-9-16(22)12-15/h4-10,12-13,18H,11H2,1-3H3,(H,23,27)(H,24,26)(H,25,28)/t18-/m0/s1. The van der Waals surface area contributed by atoms with Gasteiger partial charge in [0.25, 0.3) is 17.7 Å². The van der Waals surface area contributed by atoms with Crippen molar-refractivity contribution in [3.05, 3.63) is 70.2 Å². The SMILES string of the molecule is Cc1ccccc1C(=O)N[C@@H](CC(C)C)C(=O)NNC(=O)c1cccc(Cl)c1. The van der Waals surface area contributed by atoms with Crippen LogP contribution < -0.4 is 16.2 Å². The van der Waals surface area contributed by atoms with Crippen LogP contribution in [0.4, 0.5) is 0 Å². The van der Waals surface area contributed by atoms with Crippen LogP contribution in [0.25, 0.3) is 0 Å². The fourth-order valence-corrected chi connectivity index (χ4v) is 2.86. The fourth-order valence-electron chi connectivity index (χ4n) is 2.67. The summed E-state index contributed by atoms with van der Waals surface area (Å²) in [5.41, 5.74) is 6.38. The van der Waals surface area contributed by atoms with Crippen molar-refractivity contribution in [3.63, 3.8) is 0 Å².